The van der Waals surface area contributed by atoms with Crippen molar-refractivity contribution in [3.63, 3.8) is 0 Å². The van der Waals surface area contributed by atoms with Gasteiger partial charge in [0, 0.05) is 5.56 Å². The summed E-state index contributed by atoms with van der Waals surface area (Å²) in [4.78, 5) is 18.0. The Labute approximate surface area is 159 Å². The Kier molecular flexibility index (Phi) is 3.62. The maximum absolute atomic E-state index is 12.8. The van der Waals surface area contributed by atoms with Crippen molar-refractivity contribution in [2.24, 2.45) is 0 Å². The highest BCUT2D eigenvalue weighted by Gasteiger charge is 2.13. The molecule has 0 spiro atoms. The number of hydrogen-bond acceptors (Lipinski definition) is 4. The lowest BCUT2D eigenvalue weighted by atomic mass is 10.0. The van der Waals surface area contributed by atoms with Crippen LogP contribution >= 0.6 is 11.3 Å². The maximum atomic E-state index is 12.8. The van der Waals surface area contributed by atoms with Crippen molar-refractivity contribution in [1.82, 2.24) is 14.6 Å². The van der Waals surface area contributed by atoms with Crippen molar-refractivity contribution >= 4 is 33.1 Å². The SMILES string of the molecule is Cc1ccccc1-c1nc2sc(=Cc3cccc4ccccc34)c(=O)n2n1. The quantitative estimate of drug-likeness (QED) is 0.475. The van der Waals surface area contributed by atoms with Gasteiger partial charge in [-0.25, -0.2) is 0 Å². The minimum Gasteiger partial charge on any atom is -0.266 e. The van der Waals surface area contributed by atoms with E-state index in [4.69, 9.17) is 0 Å². The molecule has 2 aromatic heterocycles. The van der Waals surface area contributed by atoms with Crippen LogP contribution in [0.3, 0.4) is 0 Å². The predicted molar refractivity (Wildman–Crippen MR) is 110 cm³/mol. The second kappa shape index (κ2) is 6.14. The van der Waals surface area contributed by atoms with Gasteiger partial charge in [0.2, 0.25) is 4.96 Å². The molecule has 3 aromatic carbocycles. The largest absolute Gasteiger partial charge is 0.291 e. The Balaban J connectivity index is 1.68. The van der Waals surface area contributed by atoms with Crippen molar-refractivity contribution < 1.29 is 0 Å². The molecule has 5 heteroatoms. The molecule has 0 saturated heterocycles. The van der Waals surface area contributed by atoms with Crippen molar-refractivity contribution in [3.8, 4) is 11.4 Å². The molecule has 0 aliphatic carbocycles. The van der Waals surface area contributed by atoms with E-state index in [1.807, 2.05) is 61.5 Å². The van der Waals surface area contributed by atoms with Gasteiger partial charge in [0.05, 0.1) is 4.53 Å². The molecule has 130 valence electrons. The van der Waals surface area contributed by atoms with Crippen LogP contribution in [0.15, 0.2) is 71.5 Å². The lowest BCUT2D eigenvalue weighted by molar-refractivity contribution is 0.936. The monoisotopic (exact) mass is 369 g/mol. The van der Waals surface area contributed by atoms with E-state index in [0.717, 1.165) is 27.5 Å². The smallest absolute Gasteiger partial charge is 0.266 e. The molecule has 5 aromatic rings. The van der Waals surface area contributed by atoms with Crippen molar-refractivity contribution in [2.75, 3.05) is 0 Å². The van der Waals surface area contributed by atoms with Crippen LogP contribution in [-0.4, -0.2) is 14.6 Å². The van der Waals surface area contributed by atoms with Crippen molar-refractivity contribution in [2.45, 2.75) is 6.92 Å². The molecule has 0 radical (unpaired) electrons. The average Bonchev–Trinajstić information content (AvgIpc) is 3.22. The van der Waals surface area contributed by atoms with Gasteiger partial charge in [-0.15, -0.1) is 5.10 Å². The van der Waals surface area contributed by atoms with E-state index >= 15 is 0 Å². The maximum Gasteiger partial charge on any atom is 0.291 e. The molecular formula is C22H15N3OS. The predicted octanol–water partition coefficient (Wildman–Crippen LogP) is 3.83. The normalized spacial score (nSPS) is 12.3. The summed E-state index contributed by atoms with van der Waals surface area (Å²) in [5.41, 5.74) is 2.93. The zero-order valence-corrected chi connectivity index (χ0v) is 15.4. The molecule has 0 atom stereocenters. The summed E-state index contributed by atoms with van der Waals surface area (Å²) in [5.74, 6) is 0.591. The van der Waals surface area contributed by atoms with E-state index in [1.54, 1.807) is 0 Å². The number of rotatable bonds is 2. The standard InChI is InChI=1S/C22H15N3OS/c1-14-7-2-4-11-17(14)20-23-22-25(24-20)21(26)19(27-22)13-16-10-6-9-15-8-3-5-12-18(15)16/h2-13H,1H3. The van der Waals surface area contributed by atoms with E-state index in [1.165, 1.54) is 15.9 Å². The third-order valence-corrected chi connectivity index (χ3v) is 5.64. The van der Waals surface area contributed by atoms with Crippen LogP contribution in [-0.2, 0) is 0 Å². The number of aromatic nitrogens is 3. The second-order valence-electron chi connectivity index (χ2n) is 6.43. The van der Waals surface area contributed by atoms with E-state index in [-0.39, 0.29) is 5.56 Å². The Bertz CT molecular complexity index is 1410. The molecule has 0 N–H and O–H groups in total. The molecule has 0 fully saturated rings. The molecule has 2 heterocycles. The Morgan fingerprint density at radius 3 is 2.59 bits per heavy atom. The molecule has 0 amide bonds. The van der Waals surface area contributed by atoms with Gasteiger partial charge in [0.25, 0.3) is 5.56 Å². The molecule has 0 bridgehead atoms. The molecule has 0 unspecified atom stereocenters. The fourth-order valence-electron chi connectivity index (χ4n) is 3.29. The van der Waals surface area contributed by atoms with Gasteiger partial charge in [0.15, 0.2) is 5.82 Å². The number of thiazole rings is 1. The van der Waals surface area contributed by atoms with E-state index < -0.39 is 0 Å². The molecule has 27 heavy (non-hydrogen) atoms. The molecular weight excluding hydrogens is 354 g/mol. The minimum absolute atomic E-state index is 0.129. The Morgan fingerprint density at radius 2 is 1.74 bits per heavy atom. The van der Waals surface area contributed by atoms with E-state index in [2.05, 4.69) is 28.3 Å². The van der Waals surface area contributed by atoms with Crippen molar-refractivity contribution in [1.29, 1.82) is 0 Å². The fraction of sp³-hybridized carbons (Fsp3) is 0.0455. The van der Waals surface area contributed by atoms with Crippen LogP contribution in [0.1, 0.15) is 11.1 Å². The first-order chi connectivity index (χ1) is 13.2. The van der Waals surface area contributed by atoms with Gasteiger partial charge < -0.3 is 0 Å². The van der Waals surface area contributed by atoms with Gasteiger partial charge >= 0.3 is 0 Å². The number of hydrogen-bond donors (Lipinski definition) is 0. The summed E-state index contributed by atoms with van der Waals surface area (Å²) < 4.78 is 2.04. The minimum atomic E-state index is -0.129. The summed E-state index contributed by atoms with van der Waals surface area (Å²) in [7, 11) is 0. The summed E-state index contributed by atoms with van der Waals surface area (Å²) >= 11 is 1.37. The zero-order valence-electron chi connectivity index (χ0n) is 14.6. The van der Waals surface area contributed by atoms with Crippen LogP contribution < -0.4 is 10.1 Å². The van der Waals surface area contributed by atoms with Crippen LogP contribution in [0.4, 0.5) is 0 Å². The molecule has 4 nitrogen and oxygen atoms in total. The van der Waals surface area contributed by atoms with Crippen LogP contribution in [0, 0.1) is 6.92 Å². The lowest BCUT2D eigenvalue weighted by Gasteiger charge is -2.00. The molecule has 0 saturated carbocycles. The van der Waals surface area contributed by atoms with Gasteiger partial charge in [-0.2, -0.15) is 9.50 Å². The summed E-state index contributed by atoms with van der Waals surface area (Å²) in [6, 6.07) is 22.2. The van der Waals surface area contributed by atoms with E-state index in [0.29, 0.717) is 15.3 Å². The highest BCUT2D eigenvalue weighted by Crippen LogP contribution is 2.21. The van der Waals surface area contributed by atoms with Gasteiger partial charge in [-0.05, 0) is 34.9 Å². The summed E-state index contributed by atoms with van der Waals surface area (Å²) in [6.07, 6.45) is 1.93. The number of nitrogens with zero attached hydrogens (tertiary/aromatic N) is 3. The second-order valence-corrected chi connectivity index (χ2v) is 7.44. The average molecular weight is 369 g/mol. The number of fused-ring (bicyclic) bond motifs is 2. The lowest BCUT2D eigenvalue weighted by Crippen LogP contribution is -2.23. The highest BCUT2D eigenvalue weighted by molar-refractivity contribution is 7.15. The van der Waals surface area contributed by atoms with Crippen LogP contribution in [0.2, 0.25) is 0 Å². The topological polar surface area (TPSA) is 47.3 Å². The summed E-state index contributed by atoms with van der Waals surface area (Å²) in [5, 5.41) is 6.73. The van der Waals surface area contributed by atoms with Gasteiger partial charge in [-0.3, -0.25) is 4.79 Å². The first-order valence-electron chi connectivity index (χ1n) is 8.66. The van der Waals surface area contributed by atoms with Crippen LogP contribution in [0.25, 0.3) is 33.2 Å². The van der Waals surface area contributed by atoms with E-state index in [9.17, 15) is 4.79 Å². The zero-order chi connectivity index (χ0) is 18.4. The first kappa shape index (κ1) is 15.9. The third-order valence-electron chi connectivity index (χ3n) is 4.68. The van der Waals surface area contributed by atoms with Crippen LogP contribution in [0.5, 0.6) is 0 Å². The summed E-state index contributed by atoms with van der Waals surface area (Å²) in [6.45, 7) is 2.02. The third kappa shape index (κ3) is 2.64. The Hall–Kier alpha value is -3.31. The highest BCUT2D eigenvalue weighted by atomic mass is 32.1. The number of benzene rings is 3. The van der Waals surface area contributed by atoms with Crippen molar-refractivity contribution in [3.05, 3.63) is 92.7 Å². The molecule has 0 aliphatic heterocycles. The fourth-order valence-corrected chi connectivity index (χ4v) is 4.19. The Morgan fingerprint density at radius 1 is 0.963 bits per heavy atom. The number of aryl methyl sites for hydroxylation is 1. The van der Waals surface area contributed by atoms with Gasteiger partial charge in [-0.1, -0.05) is 78.1 Å². The van der Waals surface area contributed by atoms with Gasteiger partial charge in [0.1, 0.15) is 0 Å². The molecule has 5 rings (SSSR count). The first-order valence-corrected chi connectivity index (χ1v) is 9.47. The molecule has 0 aliphatic rings.